The molecule has 86 valence electrons. The molecular weight excluding hydrogens is 266 g/mol. The van der Waals surface area contributed by atoms with Crippen LogP contribution in [-0.2, 0) is 0 Å². The normalized spacial score (nSPS) is 21.6. The van der Waals surface area contributed by atoms with E-state index < -0.39 is 0 Å². The molecular formula is C13H16BrNO. The van der Waals surface area contributed by atoms with E-state index in [1.165, 1.54) is 0 Å². The highest BCUT2D eigenvalue weighted by Gasteiger charge is 2.46. The largest absolute Gasteiger partial charge is 0.349 e. The van der Waals surface area contributed by atoms with Crippen molar-refractivity contribution in [3.05, 3.63) is 33.8 Å². The molecule has 1 aromatic carbocycles. The van der Waals surface area contributed by atoms with Crippen LogP contribution in [0.2, 0.25) is 0 Å². The molecule has 1 saturated carbocycles. The number of hydrogen-bond donors (Lipinski definition) is 1. The van der Waals surface area contributed by atoms with Crippen molar-refractivity contribution in [2.45, 2.75) is 33.2 Å². The van der Waals surface area contributed by atoms with Crippen molar-refractivity contribution in [3.63, 3.8) is 0 Å². The lowest BCUT2D eigenvalue weighted by atomic mass is 10.1. The van der Waals surface area contributed by atoms with Gasteiger partial charge >= 0.3 is 0 Å². The van der Waals surface area contributed by atoms with Gasteiger partial charge in [-0.3, -0.25) is 4.79 Å². The van der Waals surface area contributed by atoms with Crippen molar-refractivity contribution in [2.75, 3.05) is 0 Å². The van der Waals surface area contributed by atoms with E-state index in [0.29, 0.717) is 6.04 Å². The van der Waals surface area contributed by atoms with Crippen LogP contribution in [0, 0.1) is 12.3 Å². The number of amides is 1. The van der Waals surface area contributed by atoms with Gasteiger partial charge in [0.25, 0.3) is 5.91 Å². The molecule has 1 fully saturated rings. The molecule has 0 aliphatic heterocycles. The van der Waals surface area contributed by atoms with Crippen LogP contribution in [-0.4, -0.2) is 11.9 Å². The Kier molecular flexibility index (Phi) is 2.82. The van der Waals surface area contributed by atoms with E-state index >= 15 is 0 Å². The highest BCUT2D eigenvalue weighted by molar-refractivity contribution is 9.10. The van der Waals surface area contributed by atoms with Crippen LogP contribution >= 0.6 is 15.9 Å². The SMILES string of the molecule is Cc1cc(C(=O)NC2CC2(C)C)ccc1Br. The molecule has 2 nitrogen and oxygen atoms in total. The standard InChI is InChI=1S/C13H16BrNO/c1-8-6-9(4-5-10(8)14)12(16)15-11-7-13(11,2)3/h4-6,11H,7H2,1-3H3,(H,15,16). The summed E-state index contributed by atoms with van der Waals surface area (Å²) in [6, 6.07) is 6.02. The number of halogens is 1. The van der Waals surface area contributed by atoms with Crippen LogP contribution in [0.4, 0.5) is 0 Å². The smallest absolute Gasteiger partial charge is 0.251 e. The first-order valence-corrected chi connectivity index (χ1v) is 6.26. The van der Waals surface area contributed by atoms with E-state index in [1.807, 2.05) is 25.1 Å². The summed E-state index contributed by atoms with van der Waals surface area (Å²) in [5.74, 6) is 0.0335. The molecule has 0 heterocycles. The second-order valence-corrected chi connectivity index (χ2v) is 6.04. The van der Waals surface area contributed by atoms with E-state index in [9.17, 15) is 4.79 Å². The number of nitrogens with one attached hydrogen (secondary N) is 1. The molecule has 0 saturated heterocycles. The average Bonchev–Trinajstić information content (AvgIpc) is 2.78. The fourth-order valence-corrected chi connectivity index (χ4v) is 1.99. The van der Waals surface area contributed by atoms with Crippen molar-refractivity contribution >= 4 is 21.8 Å². The Morgan fingerprint density at radius 3 is 2.62 bits per heavy atom. The summed E-state index contributed by atoms with van der Waals surface area (Å²) in [5.41, 5.74) is 2.10. The number of rotatable bonds is 2. The Bertz CT molecular complexity index is 440. The van der Waals surface area contributed by atoms with Gasteiger partial charge in [0, 0.05) is 16.1 Å². The Balaban J connectivity index is 2.07. The predicted octanol–water partition coefficient (Wildman–Crippen LogP) is 3.29. The van der Waals surface area contributed by atoms with Crippen molar-refractivity contribution in [1.82, 2.24) is 5.32 Å². The Morgan fingerprint density at radius 2 is 2.12 bits per heavy atom. The maximum atomic E-state index is 11.9. The van der Waals surface area contributed by atoms with E-state index in [0.717, 1.165) is 22.0 Å². The molecule has 0 aromatic heterocycles. The van der Waals surface area contributed by atoms with Crippen LogP contribution in [0.25, 0.3) is 0 Å². The minimum Gasteiger partial charge on any atom is -0.349 e. The van der Waals surface area contributed by atoms with Crippen molar-refractivity contribution < 1.29 is 4.79 Å². The molecule has 2 rings (SSSR count). The highest BCUT2D eigenvalue weighted by Crippen LogP contribution is 2.44. The molecule has 1 aliphatic carbocycles. The molecule has 0 bridgehead atoms. The van der Waals surface area contributed by atoms with Gasteiger partial charge in [-0.05, 0) is 42.5 Å². The van der Waals surface area contributed by atoms with Crippen LogP contribution < -0.4 is 5.32 Å². The third kappa shape index (κ3) is 2.29. The van der Waals surface area contributed by atoms with Crippen molar-refractivity contribution in [2.24, 2.45) is 5.41 Å². The molecule has 1 aliphatic rings. The summed E-state index contributed by atoms with van der Waals surface area (Å²) < 4.78 is 1.04. The van der Waals surface area contributed by atoms with Gasteiger partial charge in [-0.2, -0.15) is 0 Å². The quantitative estimate of drug-likeness (QED) is 0.886. The molecule has 3 heteroatoms. The van der Waals surface area contributed by atoms with Gasteiger partial charge < -0.3 is 5.32 Å². The molecule has 1 amide bonds. The van der Waals surface area contributed by atoms with Gasteiger partial charge in [0.05, 0.1) is 0 Å². The van der Waals surface area contributed by atoms with Crippen LogP contribution in [0.15, 0.2) is 22.7 Å². The van der Waals surface area contributed by atoms with Gasteiger partial charge in [-0.15, -0.1) is 0 Å². The molecule has 1 aromatic rings. The third-order valence-corrected chi connectivity index (χ3v) is 4.13. The van der Waals surface area contributed by atoms with Crippen LogP contribution in [0.3, 0.4) is 0 Å². The topological polar surface area (TPSA) is 29.1 Å². The molecule has 1 N–H and O–H groups in total. The predicted molar refractivity (Wildman–Crippen MR) is 68.5 cm³/mol. The zero-order valence-corrected chi connectivity index (χ0v) is 11.4. The van der Waals surface area contributed by atoms with Gasteiger partial charge in [0.2, 0.25) is 0 Å². The monoisotopic (exact) mass is 281 g/mol. The Labute approximate surface area is 105 Å². The second-order valence-electron chi connectivity index (χ2n) is 5.18. The first kappa shape index (κ1) is 11.6. The lowest BCUT2D eigenvalue weighted by molar-refractivity contribution is 0.0946. The van der Waals surface area contributed by atoms with Crippen LogP contribution in [0.1, 0.15) is 36.2 Å². The number of hydrogen-bond acceptors (Lipinski definition) is 1. The lowest BCUT2D eigenvalue weighted by Gasteiger charge is -2.08. The zero-order valence-electron chi connectivity index (χ0n) is 9.80. The number of carbonyl (C=O) groups is 1. The van der Waals surface area contributed by atoms with Crippen molar-refractivity contribution in [1.29, 1.82) is 0 Å². The van der Waals surface area contributed by atoms with Gasteiger partial charge in [0.15, 0.2) is 0 Å². The fourth-order valence-electron chi connectivity index (χ4n) is 1.74. The second kappa shape index (κ2) is 3.88. The molecule has 1 atom stereocenters. The molecule has 0 radical (unpaired) electrons. The fraction of sp³-hybridized carbons (Fsp3) is 0.462. The maximum absolute atomic E-state index is 11.9. The summed E-state index contributed by atoms with van der Waals surface area (Å²) in [6.45, 7) is 6.33. The summed E-state index contributed by atoms with van der Waals surface area (Å²) in [5, 5.41) is 3.05. The number of aryl methyl sites for hydroxylation is 1. The first-order valence-electron chi connectivity index (χ1n) is 5.47. The van der Waals surface area contributed by atoms with E-state index in [1.54, 1.807) is 0 Å². The average molecular weight is 282 g/mol. The summed E-state index contributed by atoms with van der Waals surface area (Å²) in [4.78, 5) is 11.9. The summed E-state index contributed by atoms with van der Waals surface area (Å²) >= 11 is 3.43. The highest BCUT2D eigenvalue weighted by atomic mass is 79.9. The minimum atomic E-state index is 0.0335. The Morgan fingerprint density at radius 1 is 1.50 bits per heavy atom. The number of carbonyl (C=O) groups excluding carboxylic acids is 1. The Hall–Kier alpha value is -0.830. The third-order valence-electron chi connectivity index (χ3n) is 3.24. The molecule has 16 heavy (non-hydrogen) atoms. The van der Waals surface area contributed by atoms with Gasteiger partial charge in [-0.25, -0.2) is 0 Å². The van der Waals surface area contributed by atoms with E-state index in [2.05, 4.69) is 35.1 Å². The lowest BCUT2D eigenvalue weighted by Crippen LogP contribution is -2.28. The number of benzene rings is 1. The van der Waals surface area contributed by atoms with Crippen molar-refractivity contribution in [3.8, 4) is 0 Å². The zero-order chi connectivity index (χ0) is 11.9. The van der Waals surface area contributed by atoms with Gasteiger partial charge in [-0.1, -0.05) is 29.8 Å². The molecule has 0 spiro atoms. The van der Waals surface area contributed by atoms with E-state index in [-0.39, 0.29) is 11.3 Å². The first-order chi connectivity index (χ1) is 7.40. The molecule has 1 unspecified atom stereocenters. The maximum Gasteiger partial charge on any atom is 0.251 e. The van der Waals surface area contributed by atoms with E-state index in [4.69, 9.17) is 0 Å². The minimum absolute atomic E-state index is 0.0335. The van der Waals surface area contributed by atoms with Crippen LogP contribution in [0.5, 0.6) is 0 Å². The summed E-state index contributed by atoms with van der Waals surface area (Å²) in [6.07, 6.45) is 1.08. The summed E-state index contributed by atoms with van der Waals surface area (Å²) in [7, 11) is 0. The van der Waals surface area contributed by atoms with Gasteiger partial charge in [0.1, 0.15) is 0 Å².